The molecule has 0 radical (unpaired) electrons. The number of amides is 2. The van der Waals surface area contributed by atoms with Crippen LogP contribution in [0.15, 0.2) is 54.6 Å². The topological polar surface area (TPSA) is 76.4 Å². The number of nitrogens with one attached hydrogen (secondary N) is 1. The average molecular weight is 349 g/mol. The van der Waals surface area contributed by atoms with Gasteiger partial charge in [-0.15, -0.1) is 0 Å². The zero-order chi connectivity index (χ0) is 18.4. The Hall–Kier alpha value is -2.84. The van der Waals surface area contributed by atoms with Gasteiger partial charge in [0, 0.05) is 18.3 Å². The average Bonchev–Trinajstić information content (AvgIpc) is 3.12. The standard InChI is InChI=1S/C21H23N3O2/c22-13-12-16-8-10-18(11-9-16)23-21(26)24-14-4-7-19(24)15-20(25)17-5-2-1-3-6-17/h1-3,5-6,8-11,19-20,25H,4,7,12,14-15H2,(H,23,26)/t19-,20-/m0/s1. The van der Waals surface area contributed by atoms with E-state index in [0.29, 0.717) is 25.1 Å². The minimum Gasteiger partial charge on any atom is -0.388 e. The van der Waals surface area contributed by atoms with Crippen molar-refractivity contribution in [3.05, 3.63) is 65.7 Å². The van der Waals surface area contributed by atoms with E-state index < -0.39 is 6.10 Å². The van der Waals surface area contributed by atoms with Crippen molar-refractivity contribution in [2.75, 3.05) is 11.9 Å². The molecule has 0 bridgehead atoms. The number of likely N-dealkylation sites (tertiary alicyclic amines) is 1. The first-order chi connectivity index (χ1) is 12.7. The maximum absolute atomic E-state index is 12.6. The molecule has 134 valence electrons. The normalized spacial score (nSPS) is 17.5. The lowest BCUT2D eigenvalue weighted by atomic mass is 10.0. The summed E-state index contributed by atoms with van der Waals surface area (Å²) in [6, 6.07) is 18.9. The summed E-state index contributed by atoms with van der Waals surface area (Å²) < 4.78 is 0. The lowest BCUT2D eigenvalue weighted by Gasteiger charge is -2.27. The van der Waals surface area contributed by atoms with Crippen molar-refractivity contribution in [3.8, 4) is 6.07 Å². The van der Waals surface area contributed by atoms with Gasteiger partial charge in [0.15, 0.2) is 0 Å². The monoisotopic (exact) mass is 349 g/mol. The molecule has 1 saturated heterocycles. The molecule has 0 aliphatic carbocycles. The molecule has 2 atom stereocenters. The second-order valence-corrected chi connectivity index (χ2v) is 6.61. The van der Waals surface area contributed by atoms with E-state index in [1.807, 2.05) is 59.5 Å². The van der Waals surface area contributed by atoms with Crippen LogP contribution in [0.1, 0.15) is 36.5 Å². The smallest absolute Gasteiger partial charge is 0.322 e. The summed E-state index contributed by atoms with van der Waals surface area (Å²) in [6.45, 7) is 0.699. The number of aliphatic hydroxyl groups is 1. The molecule has 2 N–H and O–H groups in total. The van der Waals surface area contributed by atoms with Gasteiger partial charge in [-0.1, -0.05) is 42.5 Å². The SMILES string of the molecule is N#CCc1ccc(NC(=O)N2CCC[C@H]2C[C@H](O)c2ccccc2)cc1. The number of carbonyl (C=O) groups excluding carboxylic acids is 1. The molecular weight excluding hydrogens is 326 g/mol. The molecule has 0 saturated carbocycles. The molecule has 3 rings (SSSR count). The number of aliphatic hydroxyl groups excluding tert-OH is 1. The summed E-state index contributed by atoms with van der Waals surface area (Å²) in [5, 5.41) is 22.1. The van der Waals surface area contributed by atoms with Gasteiger partial charge in [-0.05, 0) is 42.5 Å². The summed E-state index contributed by atoms with van der Waals surface area (Å²) in [5.74, 6) is 0. The predicted octanol–water partition coefficient (Wildman–Crippen LogP) is 3.87. The van der Waals surface area contributed by atoms with Crippen LogP contribution < -0.4 is 5.32 Å². The lowest BCUT2D eigenvalue weighted by molar-refractivity contribution is 0.130. The molecule has 1 aliphatic heterocycles. The second-order valence-electron chi connectivity index (χ2n) is 6.61. The zero-order valence-electron chi connectivity index (χ0n) is 14.6. The summed E-state index contributed by atoms with van der Waals surface area (Å²) in [6.07, 6.45) is 2.18. The Balaban J connectivity index is 1.60. The van der Waals surface area contributed by atoms with Crippen LogP contribution >= 0.6 is 0 Å². The molecule has 5 nitrogen and oxygen atoms in total. The fourth-order valence-electron chi connectivity index (χ4n) is 3.41. The summed E-state index contributed by atoms with van der Waals surface area (Å²) >= 11 is 0. The summed E-state index contributed by atoms with van der Waals surface area (Å²) in [7, 11) is 0. The largest absolute Gasteiger partial charge is 0.388 e. The Bertz CT molecular complexity index is 768. The number of carbonyl (C=O) groups is 1. The van der Waals surface area contributed by atoms with Gasteiger partial charge in [-0.2, -0.15) is 5.26 Å². The van der Waals surface area contributed by atoms with Crippen molar-refractivity contribution < 1.29 is 9.90 Å². The van der Waals surface area contributed by atoms with Gasteiger partial charge in [-0.25, -0.2) is 4.79 Å². The first-order valence-electron chi connectivity index (χ1n) is 8.94. The van der Waals surface area contributed by atoms with Crippen molar-refractivity contribution in [2.24, 2.45) is 0 Å². The fraction of sp³-hybridized carbons (Fsp3) is 0.333. The Morgan fingerprint density at radius 3 is 2.65 bits per heavy atom. The Morgan fingerprint density at radius 1 is 1.23 bits per heavy atom. The lowest BCUT2D eigenvalue weighted by Crippen LogP contribution is -2.39. The van der Waals surface area contributed by atoms with Gasteiger partial charge in [-0.3, -0.25) is 0 Å². The third-order valence-electron chi connectivity index (χ3n) is 4.81. The van der Waals surface area contributed by atoms with E-state index in [1.54, 1.807) is 0 Å². The van der Waals surface area contributed by atoms with Gasteiger partial charge in [0.2, 0.25) is 0 Å². The third kappa shape index (κ3) is 4.41. The van der Waals surface area contributed by atoms with Gasteiger partial charge < -0.3 is 15.3 Å². The minimum absolute atomic E-state index is 0.0306. The minimum atomic E-state index is -0.570. The molecular formula is C21H23N3O2. The van der Waals surface area contributed by atoms with Crippen LogP contribution in [0, 0.1) is 11.3 Å². The molecule has 5 heteroatoms. The molecule has 1 heterocycles. The van der Waals surface area contributed by atoms with E-state index in [-0.39, 0.29) is 12.1 Å². The van der Waals surface area contributed by atoms with Crippen LogP contribution in [0.25, 0.3) is 0 Å². The molecule has 26 heavy (non-hydrogen) atoms. The number of hydrogen-bond acceptors (Lipinski definition) is 3. The molecule has 1 aliphatic rings. The van der Waals surface area contributed by atoms with Gasteiger partial charge in [0.25, 0.3) is 0 Å². The van der Waals surface area contributed by atoms with Gasteiger partial charge in [0.1, 0.15) is 0 Å². The van der Waals surface area contributed by atoms with Crippen molar-refractivity contribution >= 4 is 11.7 Å². The van der Waals surface area contributed by atoms with Crippen LogP contribution in [0.2, 0.25) is 0 Å². The van der Waals surface area contributed by atoms with E-state index in [1.165, 1.54) is 0 Å². The summed E-state index contributed by atoms with van der Waals surface area (Å²) in [5.41, 5.74) is 2.52. The number of nitriles is 1. The quantitative estimate of drug-likeness (QED) is 0.860. The summed E-state index contributed by atoms with van der Waals surface area (Å²) in [4.78, 5) is 14.4. The Labute approximate surface area is 153 Å². The van der Waals surface area contributed by atoms with Crippen molar-refractivity contribution in [1.29, 1.82) is 5.26 Å². The molecule has 2 aromatic carbocycles. The highest BCUT2D eigenvalue weighted by atomic mass is 16.3. The van der Waals surface area contributed by atoms with E-state index in [0.717, 1.165) is 24.0 Å². The fourth-order valence-corrected chi connectivity index (χ4v) is 3.41. The molecule has 0 aromatic heterocycles. The molecule has 0 unspecified atom stereocenters. The van der Waals surface area contributed by atoms with Crippen molar-refractivity contribution in [2.45, 2.75) is 37.8 Å². The highest BCUT2D eigenvalue weighted by Crippen LogP contribution is 2.28. The van der Waals surface area contributed by atoms with Crippen LogP contribution in [0.4, 0.5) is 10.5 Å². The van der Waals surface area contributed by atoms with Gasteiger partial charge in [0.05, 0.1) is 18.6 Å². The van der Waals surface area contributed by atoms with Crippen LogP contribution in [-0.4, -0.2) is 28.6 Å². The maximum Gasteiger partial charge on any atom is 0.322 e. The van der Waals surface area contributed by atoms with Crippen molar-refractivity contribution in [3.63, 3.8) is 0 Å². The number of nitrogens with zero attached hydrogens (tertiary/aromatic N) is 2. The highest BCUT2D eigenvalue weighted by Gasteiger charge is 2.30. The van der Waals surface area contributed by atoms with E-state index in [2.05, 4.69) is 11.4 Å². The maximum atomic E-state index is 12.6. The molecule has 2 amide bonds. The Morgan fingerprint density at radius 2 is 1.96 bits per heavy atom. The first kappa shape index (κ1) is 18.0. The third-order valence-corrected chi connectivity index (χ3v) is 4.81. The number of benzene rings is 2. The van der Waals surface area contributed by atoms with Crippen LogP contribution in [0.5, 0.6) is 0 Å². The number of anilines is 1. The highest BCUT2D eigenvalue weighted by molar-refractivity contribution is 5.89. The second kappa shape index (κ2) is 8.50. The number of rotatable bonds is 5. The van der Waals surface area contributed by atoms with E-state index >= 15 is 0 Å². The molecule has 1 fully saturated rings. The zero-order valence-corrected chi connectivity index (χ0v) is 14.6. The predicted molar refractivity (Wildman–Crippen MR) is 101 cm³/mol. The van der Waals surface area contributed by atoms with E-state index in [4.69, 9.17) is 5.26 Å². The number of urea groups is 1. The van der Waals surface area contributed by atoms with Crippen molar-refractivity contribution in [1.82, 2.24) is 4.90 Å². The van der Waals surface area contributed by atoms with Gasteiger partial charge >= 0.3 is 6.03 Å². The first-order valence-corrected chi connectivity index (χ1v) is 8.94. The Kier molecular flexibility index (Phi) is 5.88. The molecule has 2 aromatic rings. The van der Waals surface area contributed by atoms with Crippen LogP contribution in [0.3, 0.4) is 0 Å². The molecule has 0 spiro atoms. The van der Waals surface area contributed by atoms with E-state index in [9.17, 15) is 9.90 Å². The van der Waals surface area contributed by atoms with Crippen LogP contribution in [-0.2, 0) is 6.42 Å². The number of hydrogen-bond donors (Lipinski definition) is 2.